The number of rotatable bonds is 8. The number of carbonyl (C=O) groups excluding carboxylic acids is 1. The lowest BCUT2D eigenvalue weighted by Crippen LogP contribution is -2.36. The summed E-state index contributed by atoms with van der Waals surface area (Å²) in [6.45, 7) is 1.21. The topological polar surface area (TPSA) is 123 Å². The predicted octanol–water partition coefficient (Wildman–Crippen LogP) is 1.13. The van der Waals surface area contributed by atoms with E-state index >= 15 is 0 Å². The van der Waals surface area contributed by atoms with E-state index in [-0.39, 0.29) is 29.6 Å². The van der Waals surface area contributed by atoms with Crippen molar-refractivity contribution in [2.24, 2.45) is 0 Å². The Morgan fingerprint density at radius 3 is 2.69 bits per heavy atom. The van der Waals surface area contributed by atoms with Gasteiger partial charge in [-0.3, -0.25) is 4.79 Å². The molecule has 10 heteroatoms. The number of fused-ring (bicyclic) bond motifs is 1. The lowest BCUT2D eigenvalue weighted by molar-refractivity contribution is -0.122. The van der Waals surface area contributed by atoms with Crippen LogP contribution in [0.2, 0.25) is 0 Å². The van der Waals surface area contributed by atoms with Crippen LogP contribution in [0.5, 0.6) is 17.2 Å². The van der Waals surface area contributed by atoms with E-state index in [1.54, 1.807) is 31.2 Å². The number of hydrogen-bond donors (Lipinski definition) is 3. The Labute approximate surface area is 168 Å². The first kappa shape index (κ1) is 20.9. The highest BCUT2D eigenvalue weighted by Gasteiger charge is 2.26. The first-order valence-electron chi connectivity index (χ1n) is 8.85. The van der Waals surface area contributed by atoms with Gasteiger partial charge in [-0.1, -0.05) is 12.1 Å². The van der Waals surface area contributed by atoms with Crippen LogP contribution in [-0.4, -0.2) is 51.9 Å². The molecule has 0 radical (unpaired) electrons. The second-order valence-corrected chi connectivity index (χ2v) is 8.14. The fourth-order valence-electron chi connectivity index (χ4n) is 2.63. The monoisotopic (exact) mass is 422 g/mol. The molecule has 3 rings (SSSR count). The van der Waals surface area contributed by atoms with Crippen molar-refractivity contribution in [1.82, 2.24) is 4.72 Å². The summed E-state index contributed by atoms with van der Waals surface area (Å²) in [5.41, 5.74) is 0.274. The van der Waals surface area contributed by atoms with Crippen LogP contribution in [0.15, 0.2) is 47.4 Å². The third kappa shape index (κ3) is 4.97. The Morgan fingerprint density at radius 2 is 1.97 bits per heavy atom. The Hall–Kier alpha value is -2.82. The zero-order chi connectivity index (χ0) is 21.0. The number of carbonyl (C=O) groups is 1. The number of aliphatic hydroxyl groups is 1. The molecule has 1 amide bonds. The van der Waals surface area contributed by atoms with E-state index in [0.717, 1.165) is 0 Å². The van der Waals surface area contributed by atoms with Gasteiger partial charge in [-0.25, -0.2) is 13.1 Å². The van der Waals surface area contributed by atoms with Gasteiger partial charge >= 0.3 is 0 Å². The Bertz CT molecular complexity index is 994. The number of benzene rings is 2. The minimum Gasteiger partial charge on any atom is -0.493 e. The summed E-state index contributed by atoms with van der Waals surface area (Å²) in [5.74, 6) is 0.981. The minimum absolute atomic E-state index is 0.0625. The Morgan fingerprint density at radius 1 is 1.24 bits per heavy atom. The van der Waals surface area contributed by atoms with Crippen molar-refractivity contribution in [2.45, 2.75) is 24.0 Å². The van der Waals surface area contributed by atoms with E-state index in [9.17, 15) is 18.3 Å². The van der Waals surface area contributed by atoms with E-state index in [2.05, 4.69) is 10.0 Å². The number of amides is 1. The van der Waals surface area contributed by atoms with Gasteiger partial charge in [-0.05, 0) is 37.3 Å². The second-order valence-electron chi connectivity index (χ2n) is 6.37. The number of methoxy groups -OCH3 is 1. The molecule has 0 bridgehead atoms. The molecule has 29 heavy (non-hydrogen) atoms. The van der Waals surface area contributed by atoms with Crippen LogP contribution in [0.25, 0.3) is 0 Å². The SMILES string of the molecule is COc1ccccc1OCC(O)CNS(=O)(=O)c1ccc2c(c1)NC(=O)C(C)O2. The molecule has 2 aromatic carbocycles. The number of para-hydroxylation sites is 2. The highest BCUT2D eigenvalue weighted by atomic mass is 32.2. The van der Waals surface area contributed by atoms with Gasteiger partial charge in [0.25, 0.3) is 5.91 Å². The van der Waals surface area contributed by atoms with Crippen molar-refractivity contribution in [3.8, 4) is 17.2 Å². The standard InChI is InChI=1S/C19H22N2O7S/c1-12-19(23)21-15-9-14(7-8-16(15)28-12)29(24,25)20-10-13(22)11-27-18-6-4-3-5-17(18)26-2/h3-9,12-13,20,22H,10-11H2,1-2H3,(H,21,23). The maximum atomic E-state index is 12.5. The van der Waals surface area contributed by atoms with Crippen LogP contribution in [0.1, 0.15) is 6.92 Å². The first-order chi connectivity index (χ1) is 13.8. The first-order valence-corrected chi connectivity index (χ1v) is 10.3. The molecule has 2 aromatic rings. The van der Waals surface area contributed by atoms with Gasteiger partial charge in [-0.15, -0.1) is 0 Å². The number of aliphatic hydroxyl groups excluding tert-OH is 1. The molecule has 1 heterocycles. The summed E-state index contributed by atoms with van der Waals surface area (Å²) in [7, 11) is -2.41. The molecule has 2 atom stereocenters. The average molecular weight is 422 g/mol. The molecular formula is C19H22N2O7S. The van der Waals surface area contributed by atoms with Crippen LogP contribution in [-0.2, 0) is 14.8 Å². The van der Waals surface area contributed by atoms with Crippen molar-refractivity contribution < 1.29 is 32.5 Å². The number of anilines is 1. The summed E-state index contributed by atoms with van der Waals surface area (Å²) in [5, 5.41) is 12.7. The summed E-state index contributed by atoms with van der Waals surface area (Å²) >= 11 is 0. The molecule has 0 saturated carbocycles. The maximum Gasteiger partial charge on any atom is 0.265 e. The van der Waals surface area contributed by atoms with Gasteiger partial charge in [0.05, 0.1) is 17.7 Å². The fraction of sp³-hybridized carbons (Fsp3) is 0.316. The van der Waals surface area contributed by atoms with Crippen LogP contribution in [0.3, 0.4) is 0 Å². The third-order valence-electron chi connectivity index (χ3n) is 4.20. The number of ether oxygens (including phenoxy) is 3. The molecule has 1 aliphatic rings. The molecule has 0 aliphatic carbocycles. The van der Waals surface area contributed by atoms with Crippen LogP contribution in [0.4, 0.5) is 5.69 Å². The van der Waals surface area contributed by atoms with Crippen molar-refractivity contribution in [3.05, 3.63) is 42.5 Å². The van der Waals surface area contributed by atoms with E-state index < -0.39 is 22.2 Å². The number of sulfonamides is 1. The molecule has 156 valence electrons. The molecule has 3 N–H and O–H groups in total. The van der Waals surface area contributed by atoms with Crippen LogP contribution < -0.4 is 24.2 Å². The molecule has 2 unspecified atom stereocenters. The van der Waals surface area contributed by atoms with Crippen LogP contribution >= 0.6 is 0 Å². The zero-order valence-corrected chi connectivity index (χ0v) is 16.7. The molecule has 0 aromatic heterocycles. The van der Waals surface area contributed by atoms with E-state index in [1.807, 2.05) is 0 Å². The van der Waals surface area contributed by atoms with E-state index in [1.165, 1.54) is 25.3 Å². The van der Waals surface area contributed by atoms with Crippen molar-refractivity contribution in [3.63, 3.8) is 0 Å². The van der Waals surface area contributed by atoms with Gasteiger partial charge in [-0.2, -0.15) is 0 Å². The van der Waals surface area contributed by atoms with Gasteiger partial charge in [0.15, 0.2) is 17.6 Å². The van der Waals surface area contributed by atoms with Crippen LogP contribution in [0, 0.1) is 0 Å². The smallest absolute Gasteiger partial charge is 0.265 e. The highest BCUT2D eigenvalue weighted by Crippen LogP contribution is 2.31. The summed E-state index contributed by atoms with van der Waals surface area (Å²) in [6, 6.07) is 11.1. The highest BCUT2D eigenvalue weighted by molar-refractivity contribution is 7.89. The minimum atomic E-state index is -3.91. The number of hydrogen-bond acceptors (Lipinski definition) is 7. The second kappa shape index (κ2) is 8.68. The number of nitrogens with one attached hydrogen (secondary N) is 2. The maximum absolute atomic E-state index is 12.5. The van der Waals surface area contributed by atoms with E-state index in [0.29, 0.717) is 17.2 Å². The zero-order valence-electron chi connectivity index (χ0n) is 15.9. The molecule has 0 saturated heterocycles. The molecule has 0 spiro atoms. The average Bonchev–Trinajstić information content (AvgIpc) is 2.71. The largest absolute Gasteiger partial charge is 0.493 e. The Kier molecular flexibility index (Phi) is 6.26. The normalized spacial score (nSPS) is 16.9. The van der Waals surface area contributed by atoms with Gasteiger partial charge < -0.3 is 24.6 Å². The lowest BCUT2D eigenvalue weighted by atomic mass is 10.2. The quantitative estimate of drug-likeness (QED) is 0.583. The van der Waals surface area contributed by atoms with Crippen molar-refractivity contribution >= 4 is 21.6 Å². The van der Waals surface area contributed by atoms with Gasteiger partial charge in [0.2, 0.25) is 10.0 Å². The lowest BCUT2D eigenvalue weighted by Gasteiger charge is -2.23. The summed E-state index contributed by atoms with van der Waals surface area (Å²) in [4.78, 5) is 11.6. The summed E-state index contributed by atoms with van der Waals surface area (Å²) < 4.78 is 43.4. The molecule has 0 fully saturated rings. The summed E-state index contributed by atoms with van der Waals surface area (Å²) in [6.07, 6.45) is -1.74. The van der Waals surface area contributed by atoms with Gasteiger partial charge in [0, 0.05) is 6.54 Å². The van der Waals surface area contributed by atoms with Gasteiger partial charge in [0.1, 0.15) is 18.5 Å². The Balaban J connectivity index is 1.60. The third-order valence-corrected chi connectivity index (χ3v) is 5.62. The predicted molar refractivity (Wildman–Crippen MR) is 105 cm³/mol. The van der Waals surface area contributed by atoms with Crippen molar-refractivity contribution in [1.29, 1.82) is 0 Å². The van der Waals surface area contributed by atoms with Crippen molar-refractivity contribution in [2.75, 3.05) is 25.6 Å². The van der Waals surface area contributed by atoms with E-state index in [4.69, 9.17) is 14.2 Å². The molecule has 1 aliphatic heterocycles. The fourth-order valence-corrected chi connectivity index (χ4v) is 3.73. The molecular weight excluding hydrogens is 400 g/mol. The molecule has 9 nitrogen and oxygen atoms in total.